The number of phenols is 1. The molecule has 0 saturated heterocycles. The van der Waals surface area contributed by atoms with Gasteiger partial charge >= 0.3 is 0 Å². The Morgan fingerprint density at radius 1 is 1.23 bits per heavy atom. The maximum Gasteiger partial charge on any atom is 0.185 e. The summed E-state index contributed by atoms with van der Waals surface area (Å²) in [5.74, 6) is 1.11. The van der Waals surface area contributed by atoms with Crippen LogP contribution in [-0.4, -0.2) is 37.7 Å². The molecule has 2 heterocycles. The molecular weight excluding hydrogens is 332 g/mol. The van der Waals surface area contributed by atoms with E-state index in [2.05, 4.69) is 25.8 Å². The molecule has 4 aromatic rings. The van der Waals surface area contributed by atoms with Gasteiger partial charge in [0.25, 0.3) is 0 Å². The van der Waals surface area contributed by atoms with Crippen LogP contribution in [0.3, 0.4) is 0 Å². The first kappa shape index (κ1) is 15.8. The molecule has 8 heteroatoms. The third kappa shape index (κ3) is 2.88. The van der Waals surface area contributed by atoms with E-state index < -0.39 is 0 Å². The summed E-state index contributed by atoms with van der Waals surface area (Å²) < 4.78 is 6.98. The number of hydrogen-bond acceptors (Lipinski definition) is 7. The van der Waals surface area contributed by atoms with Crippen molar-refractivity contribution in [3.05, 3.63) is 54.4 Å². The van der Waals surface area contributed by atoms with Crippen LogP contribution in [0.5, 0.6) is 11.5 Å². The number of ether oxygens (including phenoxy) is 1. The highest BCUT2D eigenvalue weighted by molar-refractivity contribution is 5.99. The SMILES string of the molecule is CCOc1cc(/C=N/Nc2nn3cnnc3c3ccccc23)ccc1O. The average Bonchev–Trinajstić information content (AvgIpc) is 3.13. The lowest BCUT2D eigenvalue weighted by Crippen LogP contribution is -2.00. The summed E-state index contributed by atoms with van der Waals surface area (Å²) in [6.07, 6.45) is 3.18. The molecule has 0 aliphatic heterocycles. The van der Waals surface area contributed by atoms with Crippen molar-refractivity contribution < 1.29 is 9.84 Å². The molecule has 0 saturated carbocycles. The summed E-state index contributed by atoms with van der Waals surface area (Å²) in [6.45, 7) is 2.33. The third-order valence-electron chi connectivity index (χ3n) is 3.83. The van der Waals surface area contributed by atoms with Crippen LogP contribution < -0.4 is 10.2 Å². The molecule has 0 spiro atoms. The van der Waals surface area contributed by atoms with Crippen LogP contribution >= 0.6 is 0 Å². The Bertz CT molecular complexity index is 1110. The van der Waals surface area contributed by atoms with Crippen LogP contribution in [0.1, 0.15) is 12.5 Å². The standard InChI is InChI=1S/C18H16N6O2/c1-2-26-16-9-12(7-8-15(16)25)10-19-21-17-13-5-3-4-6-14(13)18-22-20-11-24(18)23-17/h3-11,25H,2H2,1H3,(H,21,23)/b19-10+. The normalized spacial score (nSPS) is 11.4. The zero-order valence-corrected chi connectivity index (χ0v) is 14.0. The molecule has 26 heavy (non-hydrogen) atoms. The molecule has 2 aromatic carbocycles. The lowest BCUT2D eigenvalue weighted by molar-refractivity contribution is 0.318. The quantitative estimate of drug-likeness (QED) is 0.425. The van der Waals surface area contributed by atoms with Gasteiger partial charge in [-0.2, -0.15) is 9.62 Å². The fraction of sp³-hybridized carbons (Fsp3) is 0.111. The minimum absolute atomic E-state index is 0.0997. The van der Waals surface area contributed by atoms with Crippen LogP contribution in [0, 0.1) is 0 Å². The van der Waals surface area contributed by atoms with Gasteiger partial charge < -0.3 is 9.84 Å². The minimum atomic E-state index is 0.0997. The molecule has 0 fully saturated rings. The molecule has 2 aromatic heterocycles. The molecule has 0 bridgehead atoms. The maximum absolute atomic E-state index is 9.76. The van der Waals surface area contributed by atoms with Crippen LogP contribution in [0.2, 0.25) is 0 Å². The van der Waals surface area contributed by atoms with Crippen molar-refractivity contribution in [3.63, 3.8) is 0 Å². The van der Waals surface area contributed by atoms with Gasteiger partial charge in [0.05, 0.1) is 12.8 Å². The summed E-state index contributed by atoms with van der Waals surface area (Å²) >= 11 is 0. The zero-order chi connectivity index (χ0) is 17.9. The first-order valence-corrected chi connectivity index (χ1v) is 8.10. The van der Waals surface area contributed by atoms with Gasteiger partial charge in [0.1, 0.15) is 6.33 Å². The molecule has 0 aliphatic carbocycles. The van der Waals surface area contributed by atoms with Gasteiger partial charge in [0.2, 0.25) is 0 Å². The Hall–Kier alpha value is -3.68. The lowest BCUT2D eigenvalue weighted by atomic mass is 10.2. The minimum Gasteiger partial charge on any atom is -0.504 e. The summed E-state index contributed by atoms with van der Waals surface area (Å²) in [6, 6.07) is 12.8. The Balaban J connectivity index is 1.65. The molecule has 2 N–H and O–H groups in total. The summed E-state index contributed by atoms with van der Waals surface area (Å²) in [5.41, 5.74) is 4.44. The van der Waals surface area contributed by atoms with E-state index in [1.807, 2.05) is 31.2 Å². The Morgan fingerprint density at radius 3 is 2.92 bits per heavy atom. The second-order valence-electron chi connectivity index (χ2n) is 5.52. The number of aromatic hydroxyl groups is 1. The predicted molar refractivity (Wildman–Crippen MR) is 98.8 cm³/mol. The van der Waals surface area contributed by atoms with Crippen LogP contribution in [0.4, 0.5) is 5.82 Å². The number of anilines is 1. The number of aromatic nitrogens is 4. The van der Waals surface area contributed by atoms with Crippen molar-refractivity contribution in [3.8, 4) is 11.5 Å². The van der Waals surface area contributed by atoms with E-state index in [4.69, 9.17) is 4.74 Å². The van der Waals surface area contributed by atoms with Gasteiger partial charge in [-0.3, -0.25) is 5.43 Å². The van der Waals surface area contributed by atoms with Gasteiger partial charge in [-0.25, -0.2) is 0 Å². The highest BCUT2D eigenvalue weighted by atomic mass is 16.5. The highest BCUT2D eigenvalue weighted by Gasteiger charge is 2.09. The molecule has 130 valence electrons. The van der Waals surface area contributed by atoms with Crippen LogP contribution in [0.25, 0.3) is 16.4 Å². The number of nitrogens with one attached hydrogen (secondary N) is 1. The van der Waals surface area contributed by atoms with Gasteiger partial charge in [-0.1, -0.05) is 24.3 Å². The van der Waals surface area contributed by atoms with Gasteiger partial charge in [-0.15, -0.1) is 15.3 Å². The topological polar surface area (TPSA) is 96.9 Å². The van der Waals surface area contributed by atoms with Gasteiger partial charge in [0.15, 0.2) is 23.0 Å². The summed E-state index contributed by atoms with van der Waals surface area (Å²) in [5, 5.41) is 28.3. The highest BCUT2D eigenvalue weighted by Crippen LogP contribution is 2.26. The number of rotatable bonds is 5. The van der Waals surface area contributed by atoms with Crippen LogP contribution in [0.15, 0.2) is 53.9 Å². The Labute approximate surface area is 148 Å². The molecule has 0 aliphatic rings. The van der Waals surface area contributed by atoms with E-state index in [-0.39, 0.29) is 5.75 Å². The van der Waals surface area contributed by atoms with E-state index >= 15 is 0 Å². The van der Waals surface area contributed by atoms with E-state index in [0.717, 1.165) is 16.3 Å². The summed E-state index contributed by atoms with van der Waals surface area (Å²) in [4.78, 5) is 0. The van der Waals surface area contributed by atoms with Gasteiger partial charge in [-0.05, 0) is 30.7 Å². The van der Waals surface area contributed by atoms with E-state index in [0.29, 0.717) is 23.8 Å². The second kappa shape index (κ2) is 6.67. The van der Waals surface area contributed by atoms with Crippen molar-refractivity contribution in [2.24, 2.45) is 5.10 Å². The maximum atomic E-state index is 9.76. The molecule has 8 nitrogen and oxygen atoms in total. The number of benzene rings is 2. The van der Waals surface area contributed by atoms with Crippen molar-refractivity contribution in [2.45, 2.75) is 6.92 Å². The molecule has 4 rings (SSSR count). The molecule has 0 unspecified atom stereocenters. The fourth-order valence-electron chi connectivity index (χ4n) is 2.66. The average molecular weight is 348 g/mol. The molecule has 0 amide bonds. The number of nitrogens with zero attached hydrogens (tertiary/aromatic N) is 5. The number of fused-ring (bicyclic) bond motifs is 3. The molecule has 0 radical (unpaired) electrons. The number of phenolic OH excluding ortho intramolecular Hbond substituents is 1. The van der Waals surface area contributed by atoms with E-state index in [1.54, 1.807) is 35.3 Å². The Kier molecular flexibility index (Phi) is 4.06. The number of hydrogen-bond donors (Lipinski definition) is 2. The Morgan fingerprint density at radius 2 is 2.08 bits per heavy atom. The largest absolute Gasteiger partial charge is 0.504 e. The monoisotopic (exact) mass is 348 g/mol. The van der Waals surface area contributed by atoms with Crippen molar-refractivity contribution >= 4 is 28.5 Å². The lowest BCUT2D eigenvalue weighted by Gasteiger charge is -2.07. The summed E-state index contributed by atoms with van der Waals surface area (Å²) in [7, 11) is 0. The molecule has 0 atom stereocenters. The molecular formula is C18H16N6O2. The van der Waals surface area contributed by atoms with Crippen molar-refractivity contribution in [1.29, 1.82) is 0 Å². The first-order chi connectivity index (χ1) is 12.8. The zero-order valence-electron chi connectivity index (χ0n) is 14.0. The van der Waals surface area contributed by atoms with E-state index in [9.17, 15) is 5.11 Å². The third-order valence-corrected chi connectivity index (χ3v) is 3.83. The second-order valence-corrected chi connectivity index (χ2v) is 5.52. The number of hydrazone groups is 1. The predicted octanol–water partition coefficient (Wildman–Crippen LogP) is 2.83. The van der Waals surface area contributed by atoms with Gasteiger partial charge in [0, 0.05) is 10.8 Å². The van der Waals surface area contributed by atoms with Crippen molar-refractivity contribution in [1.82, 2.24) is 19.8 Å². The fourth-order valence-corrected chi connectivity index (χ4v) is 2.66. The van der Waals surface area contributed by atoms with Crippen molar-refractivity contribution in [2.75, 3.05) is 12.0 Å². The smallest absolute Gasteiger partial charge is 0.185 e. The van der Waals surface area contributed by atoms with E-state index in [1.165, 1.54) is 0 Å². The van der Waals surface area contributed by atoms with Crippen LogP contribution in [-0.2, 0) is 0 Å². The first-order valence-electron chi connectivity index (χ1n) is 8.10.